The first-order chi connectivity index (χ1) is 9.65. The van der Waals surface area contributed by atoms with Crippen molar-refractivity contribution >= 4 is 11.8 Å². The van der Waals surface area contributed by atoms with Crippen molar-refractivity contribution in [1.29, 1.82) is 0 Å². The number of rotatable bonds is 4. The van der Waals surface area contributed by atoms with Crippen LogP contribution in [0.4, 0.5) is 0 Å². The first-order valence-electron chi connectivity index (χ1n) is 7.14. The highest BCUT2D eigenvalue weighted by atomic mass is 16.7. The van der Waals surface area contributed by atoms with Gasteiger partial charge in [-0.1, -0.05) is 6.42 Å². The van der Waals surface area contributed by atoms with Crippen LogP contribution in [0.1, 0.15) is 32.1 Å². The number of aliphatic hydroxyl groups is 1. The number of aliphatic hydroxyl groups excluding tert-OH is 1. The summed E-state index contributed by atoms with van der Waals surface area (Å²) in [6.45, 7) is 0.575. The van der Waals surface area contributed by atoms with E-state index in [4.69, 9.17) is 14.6 Å². The van der Waals surface area contributed by atoms with Gasteiger partial charge in [0, 0.05) is 25.9 Å². The van der Waals surface area contributed by atoms with Gasteiger partial charge in [-0.15, -0.1) is 0 Å². The summed E-state index contributed by atoms with van der Waals surface area (Å²) in [6.07, 6.45) is 5.00. The molecular formula is C13H22N2O5. The molecule has 2 amide bonds. The average molecular weight is 286 g/mol. The second-order valence-electron chi connectivity index (χ2n) is 5.21. The van der Waals surface area contributed by atoms with Crippen LogP contribution in [0, 0.1) is 0 Å². The van der Waals surface area contributed by atoms with E-state index in [1.54, 1.807) is 0 Å². The monoisotopic (exact) mass is 286 g/mol. The second-order valence-corrected chi connectivity index (χ2v) is 5.21. The lowest BCUT2D eigenvalue weighted by Crippen LogP contribution is -2.44. The van der Waals surface area contributed by atoms with Crippen LogP contribution in [0.15, 0.2) is 0 Å². The first kappa shape index (κ1) is 15.2. The van der Waals surface area contributed by atoms with Gasteiger partial charge in [0.15, 0.2) is 5.79 Å². The molecule has 7 heteroatoms. The second kappa shape index (κ2) is 7.01. The molecule has 1 aliphatic heterocycles. The van der Waals surface area contributed by atoms with Crippen molar-refractivity contribution in [2.24, 2.45) is 0 Å². The molecule has 20 heavy (non-hydrogen) atoms. The Hall–Kier alpha value is -1.18. The molecule has 7 nitrogen and oxygen atoms in total. The summed E-state index contributed by atoms with van der Waals surface area (Å²) in [5.41, 5.74) is 0. The first-order valence-corrected chi connectivity index (χ1v) is 7.14. The van der Waals surface area contributed by atoms with Crippen molar-refractivity contribution in [1.82, 2.24) is 10.6 Å². The Morgan fingerprint density at radius 2 is 1.85 bits per heavy atom. The van der Waals surface area contributed by atoms with Crippen LogP contribution >= 0.6 is 0 Å². The highest BCUT2D eigenvalue weighted by Crippen LogP contribution is 2.37. The number of carbonyl (C=O) groups is 2. The van der Waals surface area contributed by atoms with Crippen LogP contribution in [0.5, 0.6) is 0 Å². The van der Waals surface area contributed by atoms with Gasteiger partial charge in [-0.05, 0) is 12.8 Å². The van der Waals surface area contributed by atoms with Gasteiger partial charge in [0.2, 0.25) is 0 Å². The number of amides is 2. The van der Waals surface area contributed by atoms with Crippen molar-refractivity contribution < 1.29 is 24.2 Å². The molecule has 0 aromatic carbocycles. The average Bonchev–Trinajstić information content (AvgIpc) is 2.85. The van der Waals surface area contributed by atoms with E-state index in [2.05, 4.69) is 10.6 Å². The Balaban J connectivity index is 1.70. The number of hydrogen-bond donors (Lipinski definition) is 3. The highest BCUT2D eigenvalue weighted by molar-refractivity contribution is 6.35. The van der Waals surface area contributed by atoms with E-state index in [9.17, 15) is 9.59 Å². The fourth-order valence-electron chi connectivity index (χ4n) is 2.61. The number of carbonyl (C=O) groups excluding carboxylic acids is 2. The number of ether oxygens (including phenoxy) is 2. The molecule has 1 saturated carbocycles. The van der Waals surface area contributed by atoms with Gasteiger partial charge in [0.25, 0.3) is 0 Å². The van der Waals surface area contributed by atoms with E-state index in [0.717, 1.165) is 25.7 Å². The highest BCUT2D eigenvalue weighted by Gasteiger charge is 2.42. The van der Waals surface area contributed by atoms with Crippen LogP contribution in [0.3, 0.4) is 0 Å². The van der Waals surface area contributed by atoms with E-state index in [1.165, 1.54) is 6.42 Å². The zero-order valence-electron chi connectivity index (χ0n) is 11.5. The van der Waals surface area contributed by atoms with Crippen LogP contribution in [-0.2, 0) is 19.1 Å². The zero-order valence-corrected chi connectivity index (χ0v) is 11.5. The summed E-state index contributed by atoms with van der Waals surface area (Å²) in [7, 11) is 0. The van der Waals surface area contributed by atoms with Gasteiger partial charge in [0.05, 0.1) is 13.2 Å². The lowest BCUT2D eigenvalue weighted by atomic mass is 9.94. The normalized spacial score (nSPS) is 24.6. The molecular weight excluding hydrogens is 264 g/mol. The fourth-order valence-corrected chi connectivity index (χ4v) is 2.61. The molecule has 0 aromatic heterocycles. The zero-order chi connectivity index (χ0) is 14.4. The third-order valence-corrected chi connectivity index (χ3v) is 3.62. The van der Waals surface area contributed by atoms with Gasteiger partial charge in [-0.25, -0.2) is 0 Å². The minimum atomic E-state index is -0.745. The maximum absolute atomic E-state index is 11.5. The molecule has 3 N–H and O–H groups in total. The van der Waals surface area contributed by atoms with E-state index < -0.39 is 17.6 Å². The Morgan fingerprint density at radius 1 is 1.15 bits per heavy atom. The van der Waals surface area contributed by atoms with E-state index in [-0.39, 0.29) is 25.8 Å². The van der Waals surface area contributed by atoms with Gasteiger partial charge in [0.1, 0.15) is 6.10 Å². The molecule has 1 atom stereocenters. The molecule has 114 valence electrons. The molecule has 2 rings (SSSR count). The summed E-state index contributed by atoms with van der Waals surface area (Å²) in [5, 5.41) is 13.4. The van der Waals surface area contributed by atoms with Crippen molar-refractivity contribution in [2.75, 3.05) is 26.3 Å². The largest absolute Gasteiger partial charge is 0.395 e. The van der Waals surface area contributed by atoms with E-state index in [0.29, 0.717) is 6.61 Å². The van der Waals surface area contributed by atoms with Crippen molar-refractivity contribution in [3.05, 3.63) is 0 Å². The lowest BCUT2D eigenvalue weighted by Gasteiger charge is -2.31. The Labute approximate surface area is 118 Å². The van der Waals surface area contributed by atoms with Crippen LogP contribution < -0.4 is 10.6 Å². The summed E-state index contributed by atoms with van der Waals surface area (Å²) in [5.74, 6) is -1.93. The summed E-state index contributed by atoms with van der Waals surface area (Å²) >= 11 is 0. The quantitative estimate of drug-likeness (QED) is 0.593. The summed E-state index contributed by atoms with van der Waals surface area (Å²) < 4.78 is 11.6. The molecule has 0 aromatic rings. The molecule has 0 bridgehead atoms. The Kier molecular flexibility index (Phi) is 5.33. The maximum Gasteiger partial charge on any atom is 0.309 e. The maximum atomic E-state index is 11.5. The standard InChI is InChI=1S/C13H22N2O5/c16-7-6-14-11(17)12(18)15-8-10-9-19-13(20-10)4-2-1-3-5-13/h10,16H,1-9H2,(H,14,17)(H,15,18)/t10-/m0/s1. The van der Waals surface area contributed by atoms with Crippen LogP contribution in [-0.4, -0.2) is 55.1 Å². The summed E-state index contributed by atoms with van der Waals surface area (Å²) in [6, 6.07) is 0. The van der Waals surface area contributed by atoms with Crippen LogP contribution in [0.25, 0.3) is 0 Å². The minimum Gasteiger partial charge on any atom is -0.395 e. The van der Waals surface area contributed by atoms with Crippen molar-refractivity contribution in [3.8, 4) is 0 Å². The summed E-state index contributed by atoms with van der Waals surface area (Å²) in [4.78, 5) is 22.8. The molecule has 0 radical (unpaired) electrons. The minimum absolute atomic E-state index is 0.0679. The molecule has 1 spiro atoms. The molecule has 2 fully saturated rings. The lowest BCUT2D eigenvalue weighted by molar-refractivity contribution is -0.186. The Bertz CT molecular complexity index is 355. The number of hydrogen-bond acceptors (Lipinski definition) is 5. The molecule has 1 heterocycles. The smallest absolute Gasteiger partial charge is 0.309 e. The van der Waals surface area contributed by atoms with Gasteiger partial charge in [-0.2, -0.15) is 0 Å². The van der Waals surface area contributed by atoms with Gasteiger partial charge >= 0.3 is 11.8 Å². The third kappa shape index (κ3) is 3.91. The van der Waals surface area contributed by atoms with Gasteiger partial charge in [-0.3, -0.25) is 9.59 Å². The predicted octanol–water partition coefficient (Wildman–Crippen LogP) is -0.713. The molecule has 0 unspecified atom stereocenters. The Morgan fingerprint density at radius 3 is 2.55 bits per heavy atom. The molecule has 2 aliphatic rings. The van der Waals surface area contributed by atoms with Crippen molar-refractivity contribution in [2.45, 2.75) is 44.0 Å². The molecule has 1 saturated heterocycles. The van der Waals surface area contributed by atoms with E-state index in [1.807, 2.05) is 0 Å². The molecule has 1 aliphatic carbocycles. The topological polar surface area (TPSA) is 96.9 Å². The fraction of sp³-hybridized carbons (Fsp3) is 0.846. The van der Waals surface area contributed by atoms with Gasteiger partial charge < -0.3 is 25.2 Å². The SMILES string of the molecule is O=C(NCCO)C(=O)NC[C@H]1COC2(CCCCC2)O1. The predicted molar refractivity (Wildman–Crippen MR) is 69.7 cm³/mol. The third-order valence-electron chi connectivity index (χ3n) is 3.62. The van der Waals surface area contributed by atoms with E-state index >= 15 is 0 Å². The number of nitrogens with one attached hydrogen (secondary N) is 2. The van der Waals surface area contributed by atoms with Crippen LogP contribution in [0.2, 0.25) is 0 Å². The van der Waals surface area contributed by atoms with Crippen molar-refractivity contribution in [3.63, 3.8) is 0 Å².